The van der Waals surface area contributed by atoms with Gasteiger partial charge in [-0.15, -0.1) is 0 Å². The summed E-state index contributed by atoms with van der Waals surface area (Å²) in [7, 11) is 2.12. The van der Waals surface area contributed by atoms with Crippen LogP contribution in [0.3, 0.4) is 0 Å². The SMILES string of the molecule is CCOC(=O)c1c(-c2ccccc2F)nn2ccc(N3C[C@@H](C)N(C)C[C@H]3C)nc12. The fraction of sp³-hybridized carbons (Fsp3) is 0.409. The van der Waals surface area contributed by atoms with Crippen molar-refractivity contribution in [3.05, 3.63) is 47.9 Å². The first-order valence-corrected chi connectivity index (χ1v) is 10.2. The van der Waals surface area contributed by atoms with Crippen molar-refractivity contribution in [1.29, 1.82) is 0 Å². The fourth-order valence-electron chi connectivity index (χ4n) is 3.93. The number of rotatable bonds is 4. The lowest BCUT2D eigenvalue weighted by atomic mass is 10.1. The molecule has 4 rings (SSSR count). The van der Waals surface area contributed by atoms with Crippen LogP contribution in [0.2, 0.25) is 0 Å². The van der Waals surface area contributed by atoms with E-state index >= 15 is 0 Å². The Bertz CT molecular complexity index is 1080. The zero-order chi connectivity index (χ0) is 21.4. The molecule has 1 aliphatic rings. The van der Waals surface area contributed by atoms with Crippen molar-refractivity contribution < 1.29 is 13.9 Å². The summed E-state index contributed by atoms with van der Waals surface area (Å²) in [4.78, 5) is 22.1. The summed E-state index contributed by atoms with van der Waals surface area (Å²) in [5.74, 6) is -0.246. The maximum atomic E-state index is 14.5. The molecular formula is C22H26FN5O2. The van der Waals surface area contributed by atoms with Crippen molar-refractivity contribution in [3.8, 4) is 11.3 Å². The zero-order valence-corrected chi connectivity index (χ0v) is 17.7. The second-order valence-corrected chi connectivity index (χ2v) is 7.77. The number of hydrogen-bond acceptors (Lipinski definition) is 6. The highest BCUT2D eigenvalue weighted by Crippen LogP contribution is 2.30. The standard InChI is InChI=1S/C22H26FN5O2/c1-5-30-22(29)19-20(16-8-6-7-9-17(16)23)25-28-11-10-18(24-21(19)28)27-13-14(2)26(4)12-15(27)3/h6-11,14-15H,5,12-13H2,1-4H3/t14-,15-/m1/s1. The van der Waals surface area contributed by atoms with E-state index in [0.29, 0.717) is 11.7 Å². The predicted octanol–water partition coefficient (Wildman–Crippen LogP) is 3.24. The number of ether oxygens (including phenoxy) is 1. The Morgan fingerprint density at radius 2 is 1.97 bits per heavy atom. The second kappa shape index (κ2) is 8.02. The molecule has 0 N–H and O–H groups in total. The molecule has 0 spiro atoms. The van der Waals surface area contributed by atoms with Crippen LogP contribution in [0.5, 0.6) is 0 Å². The normalized spacial score (nSPS) is 20.0. The number of halogens is 1. The van der Waals surface area contributed by atoms with Crippen molar-refractivity contribution in [3.63, 3.8) is 0 Å². The van der Waals surface area contributed by atoms with E-state index in [0.717, 1.165) is 18.9 Å². The van der Waals surface area contributed by atoms with Crippen molar-refractivity contribution >= 4 is 17.4 Å². The van der Waals surface area contributed by atoms with Crippen molar-refractivity contribution in [2.75, 3.05) is 31.6 Å². The number of aromatic nitrogens is 3. The van der Waals surface area contributed by atoms with Gasteiger partial charge in [0.05, 0.1) is 6.61 Å². The Morgan fingerprint density at radius 1 is 1.20 bits per heavy atom. The number of esters is 1. The molecule has 3 heterocycles. The molecule has 0 aliphatic carbocycles. The molecule has 30 heavy (non-hydrogen) atoms. The number of piperazine rings is 1. The van der Waals surface area contributed by atoms with Crippen LogP contribution in [-0.4, -0.2) is 64.3 Å². The molecule has 1 aliphatic heterocycles. The fourth-order valence-corrected chi connectivity index (χ4v) is 3.93. The first-order valence-electron chi connectivity index (χ1n) is 10.2. The summed E-state index contributed by atoms with van der Waals surface area (Å²) in [6, 6.07) is 8.79. The maximum Gasteiger partial charge on any atom is 0.344 e. The monoisotopic (exact) mass is 411 g/mol. The summed E-state index contributed by atoms with van der Waals surface area (Å²) >= 11 is 0. The van der Waals surface area contributed by atoms with E-state index in [-0.39, 0.29) is 29.5 Å². The van der Waals surface area contributed by atoms with Crippen molar-refractivity contribution in [2.24, 2.45) is 0 Å². The minimum absolute atomic E-state index is 0.179. The van der Waals surface area contributed by atoms with Gasteiger partial charge in [0, 0.05) is 36.9 Å². The lowest BCUT2D eigenvalue weighted by Gasteiger charge is -2.43. The summed E-state index contributed by atoms with van der Waals surface area (Å²) in [6.07, 6.45) is 1.76. The van der Waals surface area contributed by atoms with Crippen molar-refractivity contribution in [1.82, 2.24) is 19.5 Å². The number of anilines is 1. The molecular weight excluding hydrogens is 385 g/mol. The molecule has 1 aromatic carbocycles. The summed E-state index contributed by atoms with van der Waals surface area (Å²) in [5.41, 5.74) is 1.02. The first-order chi connectivity index (χ1) is 14.4. The van der Waals surface area contributed by atoms with E-state index in [4.69, 9.17) is 9.72 Å². The molecule has 0 bridgehead atoms. The van der Waals surface area contributed by atoms with Gasteiger partial charge in [0.1, 0.15) is 22.9 Å². The molecule has 0 unspecified atom stereocenters. The van der Waals surface area contributed by atoms with E-state index in [1.54, 1.807) is 31.3 Å². The van der Waals surface area contributed by atoms with Gasteiger partial charge in [0.25, 0.3) is 0 Å². The second-order valence-electron chi connectivity index (χ2n) is 7.77. The van der Waals surface area contributed by atoms with E-state index in [1.807, 2.05) is 6.07 Å². The zero-order valence-electron chi connectivity index (χ0n) is 17.7. The van der Waals surface area contributed by atoms with E-state index in [9.17, 15) is 9.18 Å². The Hall–Kier alpha value is -3.00. The number of carbonyl (C=O) groups is 1. The molecule has 3 aromatic rings. The Labute approximate surface area is 175 Å². The van der Waals surface area contributed by atoms with E-state index < -0.39 is 11.8 Å². The molecule has 2 aromatic heterocycles. The average Bonchev–Trinajstić information content (AvgIpc) is 3.09. The van der Waals surface area contributed by atoms with Gasteiger partial charge < -0.3 is 9.64 Å². The number of hydrogen-bond donors (Lipinski definition) is 0. The molecule has 2 atom stereocenters. The number of benzene rings is 1. The van der Waals surface area contributed by atoms with Gasteiger partial charge in [0.15, 0.2) is 5.65 Å². The van der Waals surface area contributed by atoms with Gasteiger partial charge in [-0.3, -0.25) is 4.90 Å². The minimum Gasteiger partial charge on any atom is -0.462 e. The van der Waals surface area contributed by atoms with Gasteiger partial charge in [-0.05, 0) is 46.0 Å². The number of likely N-dealkylation sites (N-methyl/N-ethyl adjacent to an activating group) is 1. The van der Waals surface area contributed by atoms with Crippen LogP contribution < -0.4 is 4.90 Å². The molecule has 0 saturated carbocycles. The highest BCUT2D eigenvalue weighted by Gasteiger charge is 2.30. The molecule has 1 fully saturated rings. The van der Waals surface area contributed by atoms with Crippen LogP contribution in [0, 0.1) is 5.82 Å². The molecule has 158 valence electrons. The average molecular weight is 411 g/mol. The third kappa shape index (κ3) is 3.52. The summed E-state index contributed by atoms with van der Waals surface area (Å²) in [5, 5.41) is 4.47. The Kier molecular flexibility index (Phi) is 5.42. The summed E-state index contributed by atoms with van der Waals surface area (Å²) in [6.45, 7) is 8.01. The third-order valence-corrected chi connectivity index (χ3v) is 5.67. The van der Waals surface area contributed by atoms with Crippen LogP contribution in [0.1, 0.15) is 31.1 Å². The minimum atomic E-state index is -0.560. The summed E-state index contributed by atoms with van der Waals surface area (Å²) < 4.78 is 21.3. The molecule has 0 amide bonds. The molecule has 8 heteroatoms. The van der Waals surface area contributed by atoms with Gasteiger partial charge in [-0.25, -0.2) is 18.7 Å². The smallest absolute Gasteiger partial charge is 0.344 e. The predicted molar refractivity (Wildman–Crippen MR) is 113 cm³/mol. The quantitative estimate of drug-likeness (QED) is 0.614. The van der Waals surface area contributed by atoms with E-state index in [2.05, 4.69) is 35.8 Å². The molecule has 0 radical (unpaired) electrons. The van der Waals surface area contributed by atoms with Gasteiger partial charge in [-0.1, -0.05) is 12.1 Å². The number of fused-ring (bicyclic) bond motifs is 1. The lowest BCUT2D eigenvalue weighted by molar-refractivity contribution is 0.0529. The molecule has 7 nitrogen and oxygen atoms in total. The van der Waals surface area contributed by atoms with Crippen LogP contribution in [-0.2, 0) is 4.74 Å². The first kappa shape index (κ1) is 20.3. The van der Waals surface area contributed by atoms with E-state index in [1.165, 1.54) is 10.6 Å². The van der Waals surface area contributed by atoms with Crippen molar-refractivity contribution in [2.45, 2.75) is 32.9 Å². The highest BCUT2D eigenvalue weighted by atomic mass is 19.1. The lowest BCUT2D eigenvalue weighted by Crippen LogP contribution is -2.55. The molecule has 1 saturated heterocycles. The van der Waals surface area contributed by atoms with Gasteiger partial charge >= 0.3 is 5.97 Å². The van der Waals surface area contributed by atoms with Crippen LogP contribution in [0.4, 0.5) is 10.2 Å². The Morgan fingerprint density at radius 3 is 2.70 bits per heavy atom. The third-order valence-electron chi connectivity index (χ3n) is 5.67. The van der Waals surface area contributed by atoms with Crippen LogP contribution >= 0.6 is 0 Å². The maximum absolute atomic E-state index is 14.5. The topological polar surface area (TPSA) is 63.0 Å². The number of carbonyl (C=O) groups excluding carboxylic acids is 1. The Balaban J connectivity index is 1.86. The van der Waals surface area contributed by atoms with Crippen LogP contribution in [0.25, 0.3) is 16.9 Å². The largest absolute Gasteiger partial charge is 0.462 e. The van der Waals surface area contributed by atoms with Gasteiger partial charge in [-0.2, -0.15) is 5.10 Å². The number of nitrogens with zero attached hydrogens (tertiary/aromatic N) is 5. The van der Waals surface area contributed by atoms with Gasteiger partial charge in [0.2, 0.25) is 0 Å². The highest BCUT2D eigenvalue weighted by molar-refractivity contribution is 6.02. The van der Waals surface area contributed by atoms with Crippen LogP contribution in [0.15, 0.2) is 36.5 Å².